The van der Waals surface area contributed by atoms with Gasteiger partial charge in [-0.2, -0.15) is 0 Å². The van der Waals surface area contributed by atoms with Crippen LogP contribution in [0.4, 0.5) is 4.39 Å². The summed E-state index contributed by atoms with van der Waals surface area (Å²) >= 11 is 0. The molecule has 1 aromatic carbocycles. The van der Waals surface area contributed by atoms with E-state index in [4.69, 9.17) is 0 Å². The van der Waals surface area contributed by atoms with Crippen molar-refractivity contribution in [3.63, 3.8) is 0 Å². The number of aromatic nitrogens is 8. The molecule has 10 heteroatoms. The molecule has 0 fully saturated rings. The largest absolute Gasteiger partial charge is 0.335 e. The fourth-order valence-corrected chi connectivity index (χ4v) is 4.21. The number of H-pyrrole nitrogens is 1. The predicted molar refractivity (Wildman–Crippen MR) is 130 cm³/mol. The molecule has 4 heterocycles. The lowest BCUT2D eigenvalue weighted by molar-refractivity contribution is 0.603. The molecule has 0 unspecified atom stereocenters. The van der Waals surface area contributed by atoms with E-state index in [1.165, 1.54) is 10.6 Å². The first-order chi connectivity index (χ1) is 17.0. The van der Waals surface area contributed by atoms with E-state index in [9.17, 15) is 9.18 Å². The van der Waals surface area contributed by atoms with Gasteiger partial charge in [-0.25, -0.2) is 14.3 Å². The number of nitrogens with one attached hydrogen (secondary N) is 1. The highest BCUT2D eigenvalue weighted by molar-refractivity contribution is 5.70. The molecule has 0 amide bonds. The summed E-state index contributed by atoms with van der Waals surface area (Å²) in [6, 6.07) is 13.1. The van der Waals surface area contributed by atoms with Crippen LogP contribution in [-0.4, -0.2) is 39.3 Å². The minimum absolute atomic E-state index is 0.229. The number of hydrogen-bond donors (Lipinski definition) is 1. The normalized spacial score (nSPS) is 11.3. The summed E-state index contributed by atoms with van der Waals surface area (Å²) in [6.45, 7) is 2.39. The van der Waals surface area contributed by atoms with Gasteiger partial charge in [0.15, 0.2) is 17.5 Å². The van der Waals surface area contributed by atoms with Crippen LogP contribution in [0.15, 0.2) is 65.8 Å². The van der Waals surface area contributed by atoms with Gasteiger partial charge in [0.2, 0.25) is 0 Å². The van der Waals surface area contributed by atoms with Gasteiger partial charge in [0.25, 0.3) is 0 Å². The van der Waals surface area contributed by atoms with E-state index in [-0.39, 0.29) is 18.1 Å². The Bertz CT molecular complexity index is 1490. The Morgan fingerprint density at radius 3 is 2.66 bits per heavy atom. The van der Waals surface area contributed by atoms with Crippen LogP contribution < -0.4 is 5.69 Å². The third kappa shape index (κ3) is 4.42. The maximum atomic E-state index is 14.5. The summed E-state index contributed by atoms with van der Waals surface area (Å²) in [7, 11) is 1.72. The molecule has 35 heavy (non-hydrogen) atoms. The fourth-order valence-electron chi connectivity index (χ4n) is 4.21. The number of nitrogens with zero attached hydrogens (tertiary/aromatic N) is 7. The average Bonchev–Trinajstić information content (AvgIpc) is 3.60. The SMILES string of the molecule is CCCCc1cn(-c2c(F)ccn2C)c(=O)n1Cc1cc(-c2cccc(-c3nnn[nH]3)c2)ccn1. The van der Waals surface area contributed by atoms with Gasteiger partial charge in [0, 0.05) is 36.9 Å². The number of halogens is 1. The quantitative estimate of drug-likeness (QED) is 0.371. The maximum Gasteiger partial charge on any atom is 0.334 e. The number of aryl methyl sites for hydroxylation is 2. The van der Waals surface area contributed by atoms with Crippen LogP contribution in [-0.2, 0) is 20.0 Å². The molecule has 9 nitrogen and oxygen atoms in total. The minimum Gasteiger partial charge on any atom is -0.335 e. The predicted octanol–water partition coefficient (Wildman–Crippen LogP) is 3.75. The smallest absolute Gasteiger partial charge is 0.334 e. The first kappa shape index (κ1) is 22.5. The van der Waals surface area contributed by atoms with E-state index in [2.05, 4.69) is 32.5 Å². The maximum absolute atomic E-state index is 14.5. The van der Waals surface area contributed by atoms with Gasteiger partial charge in [0.05, 0.1) is 12.2 Å². The fraction of sp³-hybridized carbons (Fsp3) is 0.240. The first-order valence-corrected chi connectivity index (χ1v) is 11.5. The van der Waals surface area contributed by atoms with Gasteiger partial charge >= 0.3 is 5.69 Å². The van der Waals surface area contributed by atoms with Crippen LogP contribution in [0.1, 0.15) is 31.2 Å². The second kappa shape index (κ2) is 9.49. The second-order valence-electron chi connectivity index (χ2n) is 8.43. The van der Waals surface area contributed by atoms with Crippen LogP contribution in [0, 0.1) is 5.82 Å². The number of benzene rings is 1. The van der Waals surface area contributed by atoms with Crippen LogP contribution in [0.3, 0.4) is 0 Å². The highest BCUT2D eigenvalue weighted by Crippen LogP contribution is 2.25. The summed E-state index contributed by atoms with van der Waals surface area (Å²) in [5.41, 5.74) is 4.10. The minimum atomic E-state index is -0.434. The zero-order valence-corrected chi connectivity index (χ0v) is 19.5. The van der Waals surface area contributed by atoms with Crippen molar-refractivity contribution >= 4 is 0 Å². The summed E-state index contributed by atoms with van der Waals surface area (Å²) in [6.07, 6.45) is 7.72. The van der Waals surface area contributed by atoms with Crippen molar-refractivity contribution in [3.05, 3.63) is 88.7 Å². The summed E-state index contributed by atoms with van der Waals surface area (Å²) in [5.74, 6) is 0.380. The topological polar surface area (TPSA) is 99.2 Å². The van der Waals surface area contributed by atoms with Crippen LogP contribution in [0.2, 0.25) is 0 Å². The lowest BCUT2D eigenvalue weighted by atomic mass is 10.0. The number of unbranched alkanes of at least 4 members (excludes halogenated alkanes) is 1. The summed E-state index contributed by atoms with van der Waals surface area (Å²) < 4.78 is 19.1. The van der Waals surface area contributed by atoms with E-state index >= 15 is 0 Å². The molecule has 1 N–H and O–H groups in total. The van der Waals surface area contributed by atoms with Gasteiger partial charge in [-0.05, 0) is 58.7 Å². The Morgan fingerprint density at radius 2 is 1.91 bits per heavy atom. The van der Waals surface area contributed by atoms with E-state index in [0.29, 0.717) is 5.82 Å². The van der Waals surface area contributed by atoms with Gasteiger partial charge in [-0.15, -0.1) is 5.10 Å². The molecule has 5 rings (SSSR count). The Balaban J connectivity index is 1.51. The van der Waals surface area contributed by atoms with E-state index < -0.39 is 5.82 Å². The highest BCUT2D eigenvalue weighted by atomic mass is 19.1. The number of pyridine rings is 1. The molecular weight excluding hydrogens is 447 g/mol. The number of imidazole rings is 1. The summed E-state index contributed by atoms with van der Waals surface area (Å²) in [5, 5.41) is 14.0. The Morgan fingerprint density at radius 1 is 1.09 bits per heavy atom. The van der Waals surface area contributed by atoms with Crippen molar-refractivity contribution in [2.24, 2.45) is 7.05 Å². The second-order valence-corrected chi connectivity index (χ2v) is 8.43. The Labute approximate surface area is 200 Å². The third-order valence-corrected chi connectivity index (χ3v) is 6.02. The monoisotopic (exact) mass is 472 g/mol. The molecular formula is C25H25FN8O. The molecule has 0 saturated carbocycles. The molecule has 0 bridgehead atoms. The van der Waals surface area contributed by atoms with Gasteiger partial charge in [-0.3, -0.25) is 14.1 Å². The Hall–Kier alpha value is -4.34. The van der Waals surface area contributed by atoms with Gasteiger partial charge < -0.3 is 4.57 Å². The average molecular weight is 473 g/mol. The van der Waals surface area contributed by atoms with Crippen molar-refractivity contribution in [3.8, 4) is 28.3 Å². The van der Waals surface area contributed by atoms with Crippen molar-refractivity contribution < 1.29 is 4.39 Å². The summed E-state index contributed by atoms with van der Waals surface area (Å²) in [4.78, 5) is 17.9. The van der Waals surface area contributed by atoms with E-state index in [0.717, 1.165) is 47.3 Å². The highest BCUT2D eigenvalue weighted by Gasteiger charge is 2.18. The van der Waals surface area contributed by atoms with Crippen molar-refractivity contribution in [2.75, 3.05) is 0 Å². The molecule has 0 atom stereocenters. The zero-order valence-electron chi connectivity index (χ0n) is 19.5. The van der Waals surface area contributed by atoms with Crippen LogP contribution in [0.25, 0.3) is 28.3 Å². The molecule has 0 aliphatic heterocycles. The lowest BCUT2D eigenvalue weighted by Crippen LogP contribution is -2.26. The van der Waals surface area contributed by atoms with E-state index in [1.54, 1.807) is 34.8 Å². The number of tetrazole rings is 1. The van der Waals surface area contributed by atoms with Crippen LogP contribution >= 0.6 is 0 Å². The lowest BCUT2D eigenvalue weighted by Gasteiger charge is -2.09. The van der Waals surface area contributed by atoms with E-state index in [1.807, 2.05) is 36.4 Å². The number of rotatable bonds is 8. The number of aromatic amines is 1. The first-order valence-electron chi connectivity index (χ1n) is 11.5. The van der Waals surface area contributed by atoms with Gasteiger partial charge in [-0.1, -0.05) is 31.5 Å². The standard InChI is InChI=1S/C25H25FN8O/c1-3-4-8-21-16-34(24-22(26)10-12-32(24)2)25(35)33(21)15-20-14-18(9-11-27-20)17-6-5-7-19(13-17)23-28-30-31-29-23/h5-7,9-14,16H,3-4,8,15H2,1-2H3,(H,28,29,30,31). The van der Waals surface area contributed by atoms with Crippen LogP contribution in [0.5, 0.6) is 0 Å². The third-order valence-electron chi connectivity index (χ3n) is 6.02. The van der Waals surface area contributed by atoms with Gasteiger partial charge in [0.1, 0.15) is 0 Å². The van der Waals surface area contributed by atoms with Crippen molar-refractivity contribution in [2.45, 2.75) is 32.7 Å². The molecule has 0 radical (unpaired) electrons. The molecule has 4 aromatic heterocycles. The van der Waals surface area contributed by atoms with Crippen molar-refractivity contribution in [1.82, 2.24) is 39.3 Å². The molecule has 0 spiro atoms. The molecule has 0 aliphatic carbocycles. The molecule has 5 aromatic rings. The Kier molecular flexibility index (Phi) is 6.09. The number of hydrogen-bond acceptors (Lipinski definition) is 5. The molecule has 0 saturated heterocycles. The molecule has 0 aliphatic rings. The van der Waals surface area contributed by atoms with Crippen molar-refractivity contribution in [1.29, 1.82) is 0 Å². The zero-order chi connectivity index (χ0) is 24.4. The molecule has 178 valence electrons.